The molecular formula is C16H17ClN2O4. The molecule has 0 aliphatic carbocycles. The summed E-state index contributed by atoms with van der Waals surface area (Å²) in [5.74, 6) is 0.341. The molecule has 1 heterocycles. The molecule has 1 aromatic carbocycles. The number of carbonyl (C=O) groups is 1. The normalized spacial score (nSPS) is 13.2. The molecule has 0 bridgehead atoms. The van der Waals surface area contributed by atoms with Crippen LogP contribution in [0.25, 0.3) is 0 Å². The Bertz CT molecular complexity index is 681. The lowest BCUT2D eigenvalue weighted by molar-refractivity contribution is 0.120. The molecule has 0 saturated carbocycles. The van der Waals surface area contributed by atoms with E-state index in [1.807, 2.05) is 0 Å². The third-order valence-corrected chi connectivity index (χ3v) is 3.77. The first-order chi connectivity index (χ1) is 11.0. The van der Waals surface area contributed by atoms with Crippen LogP contribution in [0.2, 0.25) is 5.02 Å². The zero-order valence-corrected chi connectivity index (χ0v) is 13.2. The van der Waals surface area contributed by atoms with Crippen molar-refractivity contribution in [3.05, 3.63) is 58.7 Å². The highest BCUT2D eigenvalue weighted by Gasteiger charge is 2.24. The molecule has 1 unspecified atom stereocenters. The Hall–Kier alpha value is -2.31. The molecule has 2 aromatic rings. The van der Waals surface area contributed by atoms with Gasteiger partial charge >= 0.3 is 6.09 Å². The number of hydrogen-bond acceptors (Lipinski definition) is 4. The Morgan fingerprint density at radius 3 is 2.78 bits per heavy atom. The maximum Gasteiger partial charge on any atom is 0.404 e. The Morgan fingerprint density at radius 2 is 2.13 bits per heavy atom. The zero-order valence-electron chi connectivity index (χ0n) is 12.4. The molecule has 0 fully saturated rings. The van der Waals surface area contributed by atoms with E-state index in [2.05, 4.69) is 10.3 Å². The van der Waals surface area contributed by atoms with Crippen molar-refractivity contribution in [1.29, 1.82) is 0 Å². The van der Waals surface area contributed by atoms with Crippen molar-refractivity contribution in [3.63, 3.8) is 0 Å². The van der Waals surface area contributed by atoms with E-state index in [0.29, 0.717) is 16.5 Å². The fourth-order valence-corrected chi connectivity index (χ4v) is 2.47. The fraction of sp³-hybridized carbons (Fsp3) is 0.250. The molecule has 7 heteroatoms. The maximum atomic E-state index is 11.1. The van der Waals surface area contributed by atoms with Crippen LogP contribution in [0.5, 0.6) is 5.88 Å². The van der Waals surface area contributed by atoms with Gasteiger partial charge in [0.1, 0.15) is 0 Å². The van der Waals surface area contributed by atoms with Crippen molar-refractivity contribution in [3.8, 4) is 5.88 Å². The summed E-state index contributed by atoms with van der Waals surface area (Å²) in [6.07, 6.45) is -0.552. The molecule has 1 aromatic heterocycles. The molecule has 122 valence electrons. The second kappa shape index (κ2) is 7.80. The first kappa shape index (κ1) is 17.1. The molecule has 0 spiro atoms. The van der Waals surface area contributed by atoms with Crippen LogP contribution in [0.4, 0.5) is 4.79 Å². The van der Waals surface area contributed by atoms with Gasteiger partial charge in [-0.2, -0.15) is 0 Å². The molecule has 3 N–H and O–H groups in total. The first-order valence-corrected chi connectivity index (χ1v) is 7.30. The molecule has 0 aliphatic heterocycles. The highest BCUT2D eigenvalue weighted by molar-refractivity contribution is 6.31. The fourth-order valence-electron chi connectivity index (χ4n) is 2.25. The number of ether oxygens (including phenoxy) is 1. The van der Waals surface area contributed by atoms with Crippen LogP contribution >= 0.6 is 11.6 Å². The number of rotatable bonds is 6. The van der Waals surface area contributed by atoms with Crippen LogP contribution in [-0.4, -0.2) is 34.4 Å². The van der Waals surface area contributed by atoms with E-state index in [9.17, 15) is 9.90 Å². The number of aliphatic hydroxyl groups is 1. The number of carboxylic acid groups (broad SMARTS) is 1. The van der Waals surface area contributed by atoms with Crippen LogP contribution in [0.15, 0.2) is 42.6 Å². The summed E-state index contributed by atoms with van der Waals surface area (Å²) in [5, 5.41) is 22.4. The minimum Gasteiger partial charge on any atom is -0.481 e. The number of hydrogen-bond donors (Lipinski definition) is 3. The number of aliphatic hydroxyl groups excluding tert-OH is 1. The number of aromatic nitrogens is 1. The second-order valence-electron chi connectivity index (χ2n) is 4.93. The highest BCUT2D eigenvalue weighted by Crippen LogP contribution is 2.24. The van der Waals surface area contributed by atoms with Crippen molar-refractivity contribution in [2.45, 2.75) is 18.6 Å². The predicted octanol–water partition coefficient (Wildman–Crippen LogP) is 2.66. The largest absolute Gasteiger partial charge is 0.481 e. The van der Waals surface area contributed by atoms with E-state index in [-0.39, 0.29) is 6.42 Å². The van der Waals surface area contributed by atoms with Gasteiger partial charge in [0.15, 0.2) is 0 Å². The summed E-state index contributed by atoms with van der Waals surface area (Å²) in [7, 11) is 1.47. The molecular weight excluding hydrogens is 320 g/mol. The number of benzene rings is 1. The third-order valence-electron chi connectivity index (χ3n) is 3.40. The number of pyridine rings is 1. The van der Waals surface area contributed by atoms with E-state index < -0.39 is 18.2 Å². The lowest BCUT2D eigenvalue weighted by Crippen LogP contribution is -2.40. The van der Waals surface area contributed by atoms with Gasteiger partial charge in [-0.1, -0.05) is 29.8 Å². The van der Waals surface area contributed by atoms with Crippen molar-refractivity contribution in [2.75, 3.05) is 7.11 Å². The quantitative estimate of drug-likeness (QED) is 0.754. The average molecular weight is 337 g/mol. The van der Waals surface area contributed by atoms with E-state index in [1.54, 1.807) is 36.4 Å². The standard InChI is InChI=1S/C16H17ClN2O4/c1-23-14-9-11(6-7-18-14)15(20)13(19-16(21)22)8-10-4-2-3-5-12(10)17/h2-7,9,13,15,19-20H,8H2,1H3,(H,21,22)/t13-,15?/m0/s1. The highest BCUT2D eigenvalue weighted by atomic mass is 35.5. The summed E-state index contributed by atoms with van der Waals surface area (Å²) >= 11 is 6.12. The second-order valence-corrected chi connectivity index (χ2v) is 5.34. The summed E-state index contributed by atoms with van der Waals surface area (Å²) in [4.78, 5) is 15.0. The van der Waals surface area contributed by atoms with Gasteiger partial charge in [0.25, 0.3) is 0 Å². The lowest BCUT2D eigenvalue weighted by Gasteiger charge is -2.24. The van der Waals surface area contributed by atoms with Gasteiger partial charge in [-0.05, 0) is 29.7 Å². The average Bonchev–Trinajstić information content (AvgIpc) is 2.55. The first-order valence-electron chi connectivity index (χ1n) is 6.92. The van der Waals surface area contributed by atoms with Gasteiger partial charge in [-0.3, -0.25) is 0 Å². The Balaban J connectivity index is 2.26. The van der Waals surface area contributed by atoms with Gasteiger partial charge in [-0.15, -0.1) is 0 Å². The van der Waals surface area contributed by atoms with Gasteiger partial charge in [0, 0.05) is 17.3 Å². The summed E-state index contributed by atoms with van der Waals surface area (Å²) in [6.45, 7) is 0. The number of halogens is 1. The molecule has 0 aliphatic rings. The SMILES string of the molecule is COc1cc(C(O)[C@H](Cc2ccccc2Cl)NC(=O)O)ccn1. The van der Waals surface area contributed by atoms with Crippen LogP contribution in [0, 0.1) is 0 Å². The van der Waals surface area contributed by atoms with E-state index in [1.165, 1.54) is 13.3 Å². The van der Waals surface area contributed by atoms with Crippen LogP contribution < -0.4 is 10.1 Å². The zero-order chi connectivity index (χ0) is 16.8. The Labute approximate surface area is 138 Å². The monoisotopic (exact) mass is 336 g/mol. The lowest BCUT2D eigenvalue weighted by atomic mass is 9.96. The maximum absolute atomic E-state index is 11.1. The van der Waals surface area contributed by atoms with Crippen LogP contribution in [0.1, 0.15) is 17.2 Å². The topological polar surface area (TPSA) is 91.7 Å². The number of methoxy groups -OCH3 is 1. The van der Waals surface area contributed by atoms with Gasteiger partial charge in [0.05, 0.1) is 19.3 Å². The third kappa shape index (κ3) is 4.58. The Morgan fingerprint density at radius 1 is 1.39 bits per heavy atom. The van der Waals surface area contributed by atoms with Crippen molar-refractivity contribution < 1.29 is 19.7 Å². The van der Waals surface area contributed by atoms with E-state index in [4.69, 9.17) is 21.4 Å². The minimum atomic E-state index is -1.22. The summed E-state index contributed by atoms with van der Waals surface area (Å²) in [6, 6.07) is 9.51. The molecule has 2 atom stereocenters. The molecule has 2 rings (SSSR count). The minimum absolute atomic E-state index is 0.248. The van der Waals surface area contributed by atoms with Crippen molar-refractivity contribution in [1.82, 2.24) is 10.3 Å². The molecule has 1 amide bonds. The smallest absolute Gasteiger partial charge is 0.404 e. The molecule has 0 saturated heterocycles. The van der Waals surface area contributed by atoms with Crippen LogP contribution in [0.3, 0.4) is 0 Å². The van der Waals surface area contributed by atoms with Crippen molar-refractivity contribution >= 4 is 17.7 Å². The number of nitrogens with one attached hydrogen (secondary N) is 1. The van der Waals surface area contributed by atoms with Crippen LogP contribution in [-0.2, 0) is 6.42 Å². The van der Waals surface area contributed by atoms with Crippen molar-refractivity contribution in [2.24, 2.45) is 0 Å². The van der Waals surface area contributed by atoms with E-state index >= 15 is 0 Å². The van der Waals surface area contributed by atoms with Gasteiger partial charge in [-0.25, -0.2) is 9.78 Å². The summed E-state index contributed by atoms with van der Waals surface area (Å²) < 4.78 is 5.02. The predicted molar refractivity (Wildman–Crippen MR) is 85.9 cm³/mol. The molecule has 23 heavy (non-hydrogen) atoms. The van der Waals surface area contributed by atoms with Gasteiger partial charge < -0.3 is 20.3 Å². The Kier molecular flexibility index (Phi) is 5.78. The molecule has 6 nitrogen and oxygen atoms in total. The van der Waals surface area contributed by atoms with E-state index in [0.717, 1.165) is 5.56 Å². The molecule has 0 radical (unpaired) electrons. The van der Waals surface area contributed by atoms with Gasteiger partial charge in [0.2, 0.25) is 5.88 Å². The number of amides is 1. The number of nitrogens with zero attached hydrogens (tertiary/aromatic N) is 1. The summed E-state index contributed by atoms with van der Waals surface area (Å²) in [5.41, 5.74) is 1.25.